The number of ether oxygens (including phenoxy) is 2. The van der Waals surface area contributed by atoms with Crippen LogP contribution in [0.3, 0.4) is 0 Å². The Hall–Kier alpha value is -1.86. The summed E-state index contributed by atoms with van der Waals surface area (Å²) in [6.07, 6.45) is 1.83. The Labute approximate surface area is 136 Å². The molecule has 126 valence electrons. The van der Waals surface area contributed by atoms with Gasteiger partial charge in [0.15, 0.2) is 0 Å². The van der Waals surface area contributed by atoms with Gasteiger partial charge in [-0.25, -0.2) is 4.79 Å². The molecule has 0 radical (unpaired) electrons. The first-order chi connectivity index (χ1) is 10.7. The van der Waals surface area contributed by atoms with Crippen molar-refractivity contribution < 1.29 is 14.3 Å². The summed E-state index contributed by atoms with van der Waals surface area (Å²) in [6, 6.07) is 2.73. The van der Waals surface area contributed by atoms with E-state index in [4.69, 9.17) is 4.74 Å². The number of H-pyrrole nitrogens is 1. The molecule has 0 aromatic carbocycles. The van der Waals surface area contributed by atoms with E-state index in [2.05, 4.69) is 29.4 Å². The van der Waals surface area contributed by atoms with Crippen LogP contribution in [0.4, 0.5) is 0 Å². The standard InChI is InChI=1S/C16H24N2O4Si/c1-11-14-12(8-13(16(20)21-2)17-15(14)19)9-18(11)10-22-6-7-23(3,4)5/h8-9H,6-7,10H2,1-5H3,(H,17,19). The molecule has 1 N–H and O–H groups in total. The van der Waals surface area contributed by atoms with Crippen LogP contribution in [0.2, 0.25) is 25.7 Å². The van der Waals surface area contributed by atoms with Crippen molar-refractivity contribution >= 4 is 24.8 Å². The molecule has 0 unspecified atom stereocenters. The zero-order valence-electron chi connectivity index (χ0n) is 14.4. The van der Waals surface area contributed by atoms with E-state index in [1.807, 2.05) is 17.7 Å². The third kappa shape index (κ3) is 4.11. The second kappa shape index (κ2) is 6.72. The van der Waals surface area contributed by atoms with E-state index in [-0.39, 0.29) is 11.3 Å². The first-order valence-electron chi connectivity index (χ1n) is 7.62. The van der Waals surface area contributed by atoms with Crippen molar-refractivity contribution in [2.45, 2.75) is 39.3 Å². The minimum absolute atomic E-state index is 0.154. The molecule has 0 atom stereocenters. The molecule has 23 heavy (non-hydrogen) atoms. The third-order valence-electron chi connectivity index (χ3n) is 3.78. The average Bonchev–Trinajstić information content (AvgIpc) is 2.78. The summed E-state index contributed by atoms with van der Waals surface area (Å²) >= 11 is 0. The molecule has 0 aliphatic carbocycles. The largest absolute Gasteiger partial charge is 0.464 e. The van der Waals surface area contributed by atoms with Crippen LogP contribution in [-0.2, 0) is 16.2 Å². The molecule has 2 aromatic heterocycles. The number of aryl methyl sites for hydroxylation is 1. The van der Waals surface area contributed by atoms with Gasteiger partial charge in [0.05, 0.1) is 12.5 Å². The number of aromatic amines is 1. The maximum absolute atomic E-state index is 12.2. The summed E-state index contributed by atoms with van der Waals surface area (Å²) in [6.45, 7) is 9.90. The number of aromatic nitrogens is 2. The topological polar surface area (TPSA) is 73.3 Å². The number of nitrogens with zero attached hydrogens (tertiary/aromatic N) is 1. The lowest BCUT2D eigenvalue weighted by Gasteiger charge is -2.15. The Kier molecular flexibility index (Phi) is 5.11. The molecule has 2 aromatic rings. The van der Waals surface area contributed by atoms with Crippen molar-refractivity contribution in [3.05, 3.63) is 34.0 Å². The van der Waals surface area contributed by atoms with Gasteiger partial charge in [-0.15, -0.1) is 0 Å². The van der Waals surface area contributed by atoms with Crippen LogP contribution in [-0.4, -0.2) is 37.3 Å². The summed E-state index contributed by atoms with van der Waals surface area (Å²) in [4.78, 5) is 26.4. The van der Waals surface area contributed by atoms with E-state index in [9.17, 15) is 9.59 Å². The molecule has 0 saturated carbocycles. The fraction of sp³-hybridized carbons (Fsp3) is 0.500. The Morgan fingerprint density at radius 3 is 2.65 bits per heavy atom. The second-order valence-electron chi connectivity index (χ2n) is 6.87. The first-order valence-corrected chi connectivity index (χ1v) is 11.3. The lowest BCUT2D eigenvalue weighted by molar-refractivity contribution is 0.0594. The van der Waals surface area contributed by atoms with Gasteiger partial charge < -0.3 is 19.0 Å². The maximum Gasteiger partial charge on any atom is 0.354 e. The van der Waals surface area contributed by atoms with Crippen molar-refractivity contribution in [2.75, 3.05) is 13.7 Å². The number of pyridine rings is 1. The SMILES string of the molecule is COC(=O)c1cc2cn(COCC[Si](C)(C)C)c(C)c2c(=O)[nH]1. The number of rotatable bonds is 6. The monoisotopic (exact) mass is 336 g/mol. The minimum atomic E-state index is -1.11. The van der Waals surface area contributed by atoms with Crippen LogP contribution in [0.5, 0.6) is 0 Å². The van der Waals surface area contributed by atoms with Gasteiger partial charge in [0, 0.05) is 32.0 Å². The van der Waals surface area contributed by atoms with E-state index in [1.165, 1.54) is 7.11 Å². The Bertz CT molecular complexity index is 771. The molecule has 6 nitrogen and oxygen atoms in total. The smallest absolute Gasteiger partial charge is 0.354 e. The van der Waals surface area contributed by atoms with Crippen molar-refractivity contribution in [1.82, 2.24) is 9.55 Å². The van der Waals surface area contributed by atoms with Crippen molar-refractivity contribution in [3.8, 4) is 0 Å². The number of esters is 1. The summed E-state index contributed by atoms with van der Waals surface area (Å²) < 4.78 is 12.3. The van der Waals surface area contributed by atoms with Crippen molar-refractivity contribution in [3.63, 3.8) is 0 Å². The van der Waals surface area contributed by atoms with Gasteiger partial charge in [0.25, 0.3) is 5.56 Å². The zero-order chi connectivity index (χ0) is 17.2. The van der Waals surface area contributed by atoms with Gasteiger partial charge in [-0.2, -0.15) is 0 Å². The molecule has 0 aliphatic heterocycles. The number of hydrogen-bond donors (Lipinski definition) is 1. The van der Waals surface area contributed by atoms with E-state index >= 15 is 0 Å². The Morgan fingerprint density at radius 2 is 2.04 bits per heavy atom. The van der Waals surface area contributed by atoms with Gasteiger partial charge >= 0.3 is 5.97 Å². The van der Waals surface area contributed by atoms with Crippen molar-refractivity contribution in [2.24, 2.45) is 0 Å². The van der Waals surface area contributed by atoms with E-state index < -0.39 is 14.0 Å². The predicted octanol–water partition coefficient (Wildman–Crippen LogP) is 2.74. The number of hydrogen-bond acceptors (Lipinski definition) is 4. The number of methoxy groups -OCH3 is 1. The zero-order valence-corrected chi connectivity index (χ0v) is 15.4. The summed E-state index contributed by atoms with van der Waals surface area (Å²) in [5, 5.41) is 1.28. The lowest BCUT2D eigenvalue weighted by atomic mass is 10.2. The number of fused-ring (bicyclic) bond motifs is 1. The van der Waals surface area contributed by atoms with Gasteiger partial charge in [-0.1, -0.05) is 19.6 Å². The molecular weight excluding hydrogens is 312 g/mol. The highest BCUT2D eigenvalue weighted by atomic mass is 28.3. The minimum Gasteiger partial charge on any atom is -0.464 e. The Balaban J connectivity index is 2.22. The van der Waals surface area contributed by atoms with Gasteiger partial charge in [-0.3, -0.25) is 4.79 Å². The van der Waals surface area contributed by atoms with Gasteiger partial charge in [0.1, 0.15) is 12.4 Å². The molecule has 0 amide bonds. The normalized spacial score (nSPS) is 11.9. The van der Waals surface area contributed by atoms with Crippen LogP contribution in [0.25, 0.3) is 10.8 Å². The molecular formula is C16H24N2O4Si. The molecule has 2 rings (SSSR count). The molecule has 0 fully saturated rings. The predicted molar refractivity (Wildman–Crippen MR) is 92.7 cm³/mol. The van der Waals surface area contributed by atoms with Crippen LogP contribution in [0.15, 0.2) is 17.1 Å². The number of nitrogens with one attached hydrogen (secondary N) is 1. The average molecular weight is 336 g/mol. The summed E-state index contributed by atoms with van der Waals surface area (Å²) in [5.41, 5.74) is 0.689. The molecule has 0 aliphatic rings. The lowest BCUT2D eigenvalue weighted by Crippen LogP contribution is -2.22. The second-order valence-corrected chi connectivity index (χ2v) is 12.5. The van der Waals surface area contributed by atoms with Crippen LogP contribution in [0.1, 0.15) is 16.2 Å². The fourth-order valence-electron chi connectivity index (χ4n) is 2.36. The Morgan fingerprint density at radius 1 is 1.35 bits per heavy atom. The first kappa shape index (κ1) is 17.5. The van der Waals surface area contributed by atoms with E-state index in [0.717, 1.165) is 11.7 Å². The van der Waals surface area contributed by atoms with Gasteiger partial charge in [0.2, 0.25) is 0 Å². The fourth-order valence-corrected chi connectivity index (χ4v) is 3.11. The highest BCUT2D eigenvalue weighted by Crippen LogP contribution is 2.18. The third-order valence-corrected chi connectivity index (χ3v) is 5.49. The van der Waals surface area contributed by atoms with Crippen molar-refractivity contribution in [1.29, 1.82) is 0 Å². The highest BCUT2D eigenvalue weighted by molar-refractivity contribution is 6.76. The molecule has 0 saturated heterocycles. The highest BCUT2D eigenvalue weighted by Gasteiger charge is 2.15. The quantitative estimate of drug-likeness (QED) is 0.500. The van der Waals surface area contributed by atoms with E-state index in [0.29, 0.717) is 24.1 Å². The van der Waals surface area contributed by atoms with Crippen LogP contribution >= 0.6 is 0 Å². The number of carbonyl (C=O) groups is 1. The van der Waals surface area contributed by atoms with Crippen LogP contribution in [0, 0.1) is 6.92 Å². The van der Waals surface area contributed by atoms with Gasteiger partial charge in [-0.05, 0) is 19.0 Å². The maximum atomic E-state index is 12.2. The molecule has 0 spiro atoms. The summed E-state index contributed by atoms with van der Waals surface area (Å²) in [7, 11) is 0.171. The molecule has 0 bridgehead atoms. The van der Waals surface area contributed by atoms with Crippen LogP contribution < -0.4 is 5.56 Å². The van der Waals surface area contributed by atoms with E-state index in [1.54, 1.807) is 6.07 Å². The summed E-state index contributed by atoms with van der Waals surface area (Å²) in [5.74, 6) is -0.555. The molecule has 7 heteroatoms. The number of carbonyl (C=O) groups excluding carboxylic acids is 1. The molecule has 2 heterocycles.